The molecule has 1 saturated heterocycles. The predicted octanol–water partition coefficient (Wildman–Crippen LogP) is 0.636. The maximum atomic E-state index is 12.2. The summed E-state index contributed by atoms with van der Waals surface area (Å²) in [6.45, 7) is 0.944. The Kier molecular flexibility index (Phi) is 5.19. The normalized spacial score (nSPS) is 18.8. The topological polar surface area (TPSA) is 101 Å². The molecular formula is C13H20N4O4S. The van der Waals surface area contributed by atoms with Gasteiger partial charge in [0.05, 0.1) is 25.2 Å². The quantitative estimate of drug-likeness (QED) is 0.844. The van der Waals surface area contributed by atoms with Crippen LogP contribution in [0.2, 0.25) is 0 Å². The number of piperidine rings is 1. The Hall–Kier alpha value is -1.87. The molecule has 9 heteroatoms. The maximum Gasteiger partial charge on any atom is 0.321 e. The highest BCUT2D eigenvalue weighted by molar-refractivity contribution is 7.88. The van der Waals surface area contributed by atoms with Gasteiger partial charge >= 0.3 is 6.03 Å². The zero-order valence-electron chi connectivity index (χ0n) is 12.6. The van der Waals surface area contributed by atoms with E-state index in [1.807, 2.05) is 0 Å². The number of likely N-dealkylation sites (tertiary alicyclic amines) is 1. The zero-order chi connectivity index (χ0) is 16.2. The number of hydrogen-bond donors (Lipinski definition) is 2. The van der Waals surface area contributed by atoms with Crippen molar-refractivity contribution in [1.82, 2.24) is 14.6 Å². The number of hydrogen-bond acceptors (Lipinski definition) is 5. The SMILES string of the molecule is COc1ccc(NC(=O)N2CCCC(NS(C)(=O)=O)C2)cn1. The summed E-state index contributed by atoms with van der Waals surface area (Å²) in [6.07, 6.45) is 4.10. The number of aromatic nitrogens is 1. The van der Waals surface area contributed by atoms with Crippen LogP contribution in [0.1, 0.15) is 12.8 Å². The van der Waals surface area contributed by atoms with E-state index in [1.54, 1.807) is 17.0 Å². The standard InChI is InChI=1S/C13H20N4O4S/c1-21-12-6-5-10(8-14-12)15-13(18)17-7-3-4-11(9-17)16-22(2,19)20/h5-6,8,11,16H,3-4,7,9H2,1-2H3,(H,15,18). The van der Waals surface area contributed by atoms with Gasteiger partial charge in [0.15, 0.2) is 0 Å². The Morgan fingerprint density at radius 3 is 2.82 bits per heavy atom. The third-order valence-electron chi connectivity index (χ3n) is 3.29. The molecule has 2 heterocycles. The molecule has 0 radical (unpaired) electrons. The monoisotopic (exact) mass is 328 g/mol. The van der Waals surface area contributed by atoms with Crippen molar-refractivity contribution in [2.24, 2.45) is 0 Å². The van der Waals surface area contributed by atoms with Gasteiger partial charge in [0.2, 0.25) is 15.9 Å². The van der Waals surface area contributed by atoms with Crippen molar-refractivity contribution in [2.45, 2.75) is 18.9 Å². The number of carbonyl (C=O) groups is 1. The molecule has 0 bridgehead atoms. The van der Waals surface area contributed by atoms with Gasteiger partial charge in [0.25, 0.3) is 0 Å². The number of urea groups is 1. The van der Waals surface area contributed by atoms with Crippen molar-refractivity contribution in [3.8, 4) is 5.88 Å². The van der Waals surface area contributed by atoms with Crippen molar-refractivity contribution in [2.75, 3.05) is 31.8 Å². The van der Waals surface area contributed by atoms with E-state index in [4.69, 9.17) is 4.74 Å². The fourth-order valence-electron chi connectivity index (χ4n) is 2.34. The van der Waals surface area contributed by atoms with E-state index < -0.39 is 10.0 Å². The van der Waals surface area contributed by atoms with Crippen molar-refractivity contribution in [1.29, 1.82) is 0 Å². The summed E-state index contributed by atoms with van der Waals surface area (Å²) in [5.41, 5.74) is 0.559. The first-order chi connectivity index (χ1) is 10.4. The average Bonchev–Trinajstić information content (AvgIpc) is 2.46. The average molecular weight is 328 g/mol. The summed E-state index contributed by atoms with van der Waals surface area (Å²) < 4.78 is 30.0. The number of rotatable bonds is 4. The van der Waals surface area contributed by atoms with E-state index in [0.29, 0.717) is 24.7 Å². The number of pyridine rings is 1. The molecule has 22 heavy (non-hydrogen) atoms. The lowest BCUT2D eigenvalue weighted by Gasteiger charge is -2.32. The van der Waals surface area contributed by atoms with E-state index in [2.05, 4.69) is 15.0 Å². The summed E-state index contributed by atoms with van der Waals surface area (Å²) in [7, 11) is -1.75. The second kappa shape index (κ2) is 6.93. The van der Waals surface area contributed by atoms with E-state index >= 15 is 0 Å². The molecule has 1 aliphatic rings. The summed E-state index contributed by atoms with van der Waals surface area (Å²) in [5.74, 6) is 0.466. The van der Waals surface area contributed by atoms with Crippen LogP contribution in [-0.2, 0) is 10.0 Å². The van der Waals surface area contributed by atoms with Gasteiger partial charge in [0, 0.05) is 25.2 Å². The van der Waals surface area contributed by atoms with Gasteiger partial charge in [-0.3, -0.25) is 0 Å². The first kappa shape index (κ1) is 16.5. The minimum atomic E-state index is -3.27. The van der Waals surface area contributed by atoms with Crippen LogP contribution in [0, 0.1) is 0 Å². The molecule has 0 aliphatic carbocycles. The molecule has 0 spiro atoms. The molecule has 1 fully saturated rings. The molecule has 1 aromatic heterocycles. The van der Waals surface area contributed by atoms with Crippen molar-refractivity contribution in [3.05, 3.63) is 18.3 Å². The second-order valence-electron chi connectivity index (χ2n) is 5.19. The predicted molar refractivity (Wildman–Crippen MR) is 82.4 cm³/mol. The van der Waals surface area contributed by atoms with Gasteiger partial charge in [-0.1, -0.05) is 0 Å². The first-order valence-corrected chi connectivity index (χ1v) is 8.80. The van der Waals surface area contributed by atoms with Crippen LogP contribution < -0.4 is 14.8 Å². The number of sulfonamides is 1. The lowest BCUT2D eigenvalue weighted by Crippen LogP contribution is -2.50. The van der Waals surface area contributed by atoms with Crippen LogP contribution in [0.5, 0.6) is 5.88 Å². The Balaban J connectivity index is 1.93. The summed E-state index contributed by atoms with van der Waals surface area (Å²) in [6, 6.07) is 2.83. The highest BCUT2D eigenvalue weighted by Gasteiger charge is 2.25. The van der Waals surface area contributed by atoms with E-state index in [9.17, 15) is 13.2 Å². The summed E-state index contributed by atoms with van der Waals surface area (Å²) in [5, 5.41) is 2.74. The molecule has 1 aliphatic heterocycles. The fourth-order valence-corrected chi connectivity index (χ4v) is 3.14. The van der Waals surface area contributed by atoms with Gasteiger partial charge in [0.1, 0.15) is 0 Å². The fraction of sp³-hybridized carbons (Fsp3) is 0.538. The molecule has 1 unspecified atom stereocenters. The smallest absolute Gasteiger partial charge is 0.321 e. The molecule has 0 aromatic carbocycles. The number of nitrogens with one attached hydrogen (secondary N) is 2. The molecule has 122 valence electrons. The van der Waals surface area contributed by atoms with E-state index in [1.165, 1.54) is 13.3 Å². The zero-order valence-corrected chi connectivity index (χ0v) is 13.4. The number of carbonyl (C=O) groups excluding carboxylic acids is 1. The van der Waals surface area contributed by atoms with Gasteiger partial charge in [-0.05, 0) is 18.9 Å². The maximum absolute atomic E-state index is 12.2. The Labute approximate surface area is 129 Å². The minimum Gasteiger partial charge on any atom is -0.481 e. The van der Waals surface area contributed by atoms with Crippen molar-refractivity contribution in [3.63, 3.8) is 0 Å². The van der Waals surface area contributed by atoms with E-state index in [0.717, 1.165) is 19.1 Å². The molecule has 8 nitrogen and oxygen atoms in total. The van der Waals surface area contributed by atoms with Crippen molar-refractivity contribution < 1.29 is 17.9 Å². The van der Waals surface area contributed by atoms with Crippen LogP contribution in [0.25, 0.3) is 0 Å². The summed E-state index contributed by atoms with van der Waals surface area (Å²) >= 11 is 0. The van der Waals surface area contributed by atoms with Gasteiger partial charge in [-0.15, -0.1) is 0 Å². The summed E-state index contributed by atoms with van der Waals surface area (Å²) in [4.78, 5) is 17.8. The molecule has 2 amide bonds. The minimum absolute atomic E-state index is 0.247. The number of methoxy groups -OCH3 is 1. The van der Waals surface area contributed by atoms with Crippen LogP contribution in [0.4, 0.5) is 10.5 Å². The third-order valence-corrected chi connectivity index (χ3v) is 4.05. The van der Waals surface area contributed by atoms with Gasteiger partial charge in [-0.25, -0.2) is 22.9 Å². The van der Waals surface area contributed by atoms with E-state index in [-0.39, 0.29) is 12.1 Å². The molecule has 0 saturated carbocycles. The van der Waals surface area contributed by atoms with Crippen LogP contribution >= 0.6 is 0 Å². The Morgan fingerprint density at radius 2 is 2.23 bits per heavy atom. The largest absolute Gasteiger partial charge is 0.481 e. The molecule has 2 N–H and O–H groups in total. The lowest BCUT2D eigenvalue weighted by molar-refractivity contribution is 0.190. The molecule has 1 atom stereocenters. The highest BCUT2D eigenvalue weighted by atomic mass is 32.2. The molecular weight excluding hydrogens is 308 g/mol. The Morgan fingerprint density at radius 1 is 1.45 bits per heavy atom. The lowest BCUT2D eigenvalue weighted by atomic mass is 10.1. The van der Waals surface area contributed by atoms with Gasteiger partial charge in [-0.2, -0.15) is 0 Å². The number of nitrogens with zero attached hydrogens (tertiary/aromatic N) is 2. The Bertz CT molecular complexity index is 617. The number of ether oxygens (including phenoxy) is 1. The van der Waals surface area contributed by atoms with Crippen LogP contribution in [-0.4, -0.2) is 56.8 Å². The molecule has 2 rings (SSSR count). The van der Waals surface area contributed by atoms with Crippen LogP contribution in [0.15, 0.2) is 18.3 Å². The second-order valence-corrected chi connectivity index (χ2v) is 6.97. The third kappa shape index (κ3) is 4.85. The van der Waals surface area contributed by atoms with Gasteiger partial charge < -0.3 is 15.0 Å². The number of amides is 2. The first-order valence-electron chi connectivity index (χ1n) is 6.90. The van der Waals surface area contributed by atoms with Crippen molar-refractivity contribution >= 4 is 21.7 Å². The molecule has 1 aromatic rings. The number of anilines is 1. The highest BCUT2D eigenvalue weighted by Crippen LogP contribution is 2.15. The van der Waals surface area contributed by atoms with Crippen LogP contribution in [0.3, 0.4) is 0 Å².